The molecule has 3 heterocycles. The molecule has 0 aliphatic carbocycles. The van der Waals surface area contributed by atoms with Crippen LogP contribution in [0.5, 0.6) is 5.75 Å². The SMILES string of the molecule is COc1ccc(-n2nnnc2S[C@@H](C)c2nc3sc(C)c(C)c3c(=O)[nH]2)cc1. The van der Waals surface area contributed by atoms with Crippen molar-refractivity contribution in [3.63, 3.8) is 0 Å². The van der Waals surface area contributed by atoms with Gasteiger partial charge in [0, 0.05) is 4.88 Å². The Kier molecular flexibility index (Phi) is 4.90. The number of tetrazole rings is 1. The third-order valence-electron chi connectivity index (χ3n) is 4.48. The van der Waals surface area contributed by atoms with E-state index in [9.17, 15) is 4.79 Å². The molecule has 1 atom stereocenters. The van der Waals surface area contributed by atoms with Crippen molar-refractivity contribution >= 4 is 33.3 Å². The van der Waals surface area contributed by atoms with E-state index in [2.05, 4.69) is 25.5 Å². The first-order valence-electron chi connectivity index (χ1n) is 8.57. The van der Waals surface area contributed by atoms with Crippen molar-refractivity contribution in [2.24, 2.45) is 0 Å². The Hall–Kier alpha value is -2.72. The van der Waals surface area contributed by atoms with Crippen molar-refractivity contribution in [3.05, 3.63) is 50.9 Å². The summed E-state index contributed by atoms with van der Waals surface area (Å²) in [4.78, 5) is 22.0. The first kappa shape index (κ1) is 18.6. The van der Waals surface area contributed by atoms with Crippen LogP contribution < -0.4 is 10.3 Å². The average molecular weight is 415 g/mol. The molecule has 1 aromatic carbocycles. The average Bonchev–Trinajstić information content (AvgIpc) is 3.26. The molecule has 0 saturated carbocycles. The van der Waals surface area contributed by atoms with Gasteiger partial charge in [-0.3, -0.25) is 4.79 Å². The number of aromatic amines is 1. The molecule has 0 amide bonds. The molecule has 0 fully saturated rings. The number of nitrogens with one attached hydrogen (secondary N) is 1. The van der Waals surface area contributed by atoms with Gasteiger partial charge in [-0.2, -0.15) is 4.68 Å². The summed E-state index contributed by atoms with van der Waals surface area (Å²) in [5.41, 5.74) is 1.70. The van der Waals surface area contributed by atoms with Gasteiger partial charge in [0.15, 0.2) is 0 Å². The summed E-state index contributed by atoms with van der Waals surface area (Å²) >= 11 is 2.97. The van der Waals surface area contributed by atoms with Crippen LogP contribution in [0, 0.1) is 13.8 Å². The lowest BCUT2D eigenvalue weighted by Crippen LogP contribution is -2.12. The molecule has 0 unspecified atom stereocenters. The molecular weight excluding hydrogens is 396 g/mol. The minimum atomic E-state index is -0.136. The maximum absolute atomic E-state index is 12.5. The molecule has 0 spiro atoms. The van der Waals surface area contributed by atoms with Crippen LogP contribution >= 0.6 is 23.1 Å². The summed E-state index contributed by atoms with van der Waals surface area (Å²) in [7, 11) is 1.62. The number of H-pyrrole nitrogens is 1. The van der Waals surface area contributed by atoms with Crippen LogP contribution in [-0.4, -0.2) is 37.3 Å². The third-order valence-corrected chi connectivity index (χ3v) is 6.63. The van der Waals surface area contributed by atoms with Crippen molar-refractivity contribution < 1.29 is 4.74 Å². The number of nitrogens with zero attached hydrogens (tertiary/aromatic N) is 5. The van der Waals surface area contributed by atoms with Crippen molar-refractivity contribution in [2.75, 3.05) is 7.11 Å². The van der Waals surface area contributed by atoms with E-state index in [1.807, 2.05) is 45.0 Å². The fraction of sp³-hybridized carbons (Fsp3) is 0.278. The Balaban J connectivity index is 1.64. The number of benzene rings is 1. The van der Waals surface area contributed by atoms with Crippen molar-refractivity contribution in [3.8, 4) is 11.4 Å². The highest BCUT2D eigenvalue weighted by molar-refractivity contribution is 7.99. The highest BCUT2D eigenvalue weighted by Crippen LogP contribution is 2.34. The van der Waals surface area contributed by atoms with E-state index in [0.29, 0.717) is 16.4 Å². The quantitative estimate of drug-likeness (QED) is 0.500. The Morgan fingerprint density at radius 1 is 1.25 bits per heavy atom. The first-order valence-corrected chi connectivity index (χ1v) is 10.3. The van der Waals surface area contributed by atoms with Crippen LogP contribution in [0.15, 0.2) is 34.2 Å². The van der Waals surface area contributed by atoms with Crippen LogP contribution in [0.4, 0.5) is 0 Å². The molecule has 4 rings (SSSR count). The summed E-state index contributed by atoms with van der Waals surface area (Å²) < 4.78 is 6.84. The van der Waals surface area contributed by atoms with E-state index in [4.69, 9.17) is 4.74 Å². The summed E-state index contributed by atoms with van der Waals surface area (Å²) in [6.07, 6.45) is 0. The van der Waals surface area contributed by atoms with Crippen LogP contribution in [0.2, 0.25) is 0 Å². The number of fused-ring (bicyclic) bond motifs is 1. The van der Waals surface area contributed by atoms with E-state index in [1.54, 1.807) is 11.8 Å². The van der Waals surface area contributed by atoms with Crippen molar-refractivity contribution in [1.29, 1.82) is 0 Å². The number of rotatable bonds is 5. The van der Waals surface area contributed by atoms with Gasteiger partial charge < -0.3 is 9.72 Å². The molecule has 8 nitrogen and oxygen atoms in total. The predicted molar refractivity (Wildman–Crippen MR) is 110 cm³/mol. The van der Waals surface area contributed by atoms with E-state index in [-0.39, 0.29) is 10.8 Å². The third kappa shape index (κ3) is 3.29. The number of hydrogen-bond acceptors (Lipinski definition) is 8. The minimum Gasteiger partial charge on any atom is -0.497 e. The zero-order chi connectivity index (χ0) is 19.8. The van der Waals surface area contributed by atoms with Gasteiger partial charge in [-0.1, -0.05) is 11.8 Å². The molecule has 144 valence electrons. The van der Waals surface area contributed by atoms with Gasteiger partial charge in [-0.25, -0.2) is 4.98 Å². The first-order chi connectivity index (χ1) is 13.5. The van der Waals surface area contributed by atoms with Gasteiger partial charge >= 0.3 is 0 Å². The minimum absolute atomic E-state index is 0.107. The normalized spacial score (nSPS) is 12.4. The molecule has 4 aromatic rings. The van der Waals surface area contributed by atoms with E-state index in [1.165, 1.54) is 23.1 Å². The lowest BCUT2D eigenvalue weighted by molar-refractivity contribution is 0.414. The molecule has 0 bridgehead atoms. The molecule has 3 aromatic heterocycles. The van der Waals surface area contributed by atoms with Gasteiger partial charge in [0.25, 0.3) is 5.56 Å². The number of thioether (sulfide) groups is 1. The molecule has 1 N–H and O–H groups in total. The Bertz CT molecular complexity index is 1200. The van der Waals surface area contributed by atoms with Gasteiger partial charge in [0.2, 0.25) is 5.16 Å². The molecule has 28 heavy (non-hydrogen) atoms. The largest absolute Gasteiger partial charge is 0.497 e. The number of hydrogen-bond donors (Lipinski definition) is 1. The van der Waals surface area contributed by atoms with Crippen molar-refractivity contribution in [1.82, 2.24) is 30.2 Å². The topological polar surface area (TPSA) is 98.6 Å². The second-order valence-corrected chi connectivity index (χ2v) is 8.76. The molecular formula is C18H18N6O2S2. The Morgan fingerprint density at radius 3 is 2.71 bits per heavy atom. The van der Waals surface area contributed by atoms with E-state index >= 15 is 0 Å². The van der Waals surface area contributed by atoms with E-state index < -0.39 is 0 Å². The molecule has 0 saturated heterocycles. The second kappa shape index (κ2) is 7.36. The Morgan fingerprint density at radius 2 is 2.00 bits per heavy atom. The number of ether oxygens (including phenoxy) is 1. The van der Waals surface area contributed by atoms with E-state index in [0.717, 1.165) is 26.7 Å². The highest BCUT2D eigenvalue weighted by Gasteiger charge is 2.19. The lowest BCUT2D eigenvalue weighted by Gasteiger charge is -2.10. The number of aromatic nitrogens is 6. The second-order valence-electron chi connectivity index (χ2n) is 6.25. The van der Waals surface area contributed by atoms with Crippen LogP contribution in [0.25, 0.3) is 15.9 Å². The monoisotopic (exact) mass is 414 g/mol. The molecule has 0 aliphatic rings. The summed E-state index contributed by atoms with van der Waals surface area (Å²) in [6, 6.07) is 7.47. The number of methoxy groups -OCH3 is 1. The van der Waals surface area contributed by atoms with Gasteiger partial charge in [-0.05, 0) is 61.0 Å². The maximum atomic E-state index is 12.5. The zero-order valence-electron chi connectivity index (χ0n) is 15.8. The van der Waals surface area contributed by atoms with Gasteiger partial charge in [0.05, 0.1) is 23.4 Å². The zero-order valence-corrected chi connectivity index (χ0v) is 17.4. The van der Waals surface area contributed by atoms with Gasteiger partial charge in [-0.15, -0.1) is 16.4 Å². The number of thiophene rings is 1. The fourth-order valence-corrected chi connectivity index (χ4v) is 4.72. The molecule has 0 radical (unpaired) electrons. The summed E-state index contributed by atoms with van der Waals surface area (Å²) in [5, 5.41) is 13.1. The standard InChI is InChI=1S/C18H18N6O2S2/c1-9-10(2)27-17-14(9)16(25)19-15(20-17)11(3)28-18-21-22-23-24(18)12-5-7-13(26-4)8-6-12/h5-8,11H,1-4H3,(H,19,20,25)/t11-/m0/s1. The summed E-state index contributed by atoms with van der Waals surface area (Å²) in [5.74, 6) is 1.36. The number of aryl methyl sites for hydroxylation is 2. The molecule has 0 aliphatic heterocycles. The molecule has 10 heteroatoms. The maximum Gasteiger partial charge on any atom is 0.259 e. The van der Waals surface area contributed by atoms with Gasteiger partial charge in [0.1, 0.15) is 16.4 Å². The van der Waals surface area contributed by atoms with Crippen LogP contribution in [-0.2, 0) is 0 Å². The van der Waals surface area contributed by atoms with Crippen LogP contribution in [0.3, 0.4) is 0 Å². The Labute approximate surface area is 169 Å². The van der Waals surface area contributed by atoms with Crippen molar-refractivity contribution in [2.45, 2.75) is 31.2 Å². The highest BCUT2D eigenvalue weighted by atomic mass is 32.2. The summed E-state index contributed by atoms with van der Waals surface area (Å²) in [6.45, 7) is 5.92. The lowest BCUT2D eigenvalue weighted by atomic mass is 10.2. The van der Waals surface area contributed by atoms with Crippen LogP contribution in [0.1, 0.15) is 28.4 Å². The predicted octanol–water partition coefficient (Wildman–Crippen LogP) is 3.44. The smallest absolute Gasteiger partial charge is 0.259 e. The fourth-order valence-electron chi connectivity index (χ4n) is 2.82.